The number of thiol groups is 2. The number of primary amides is 2. The number of likely N-dealkylation sites (tertiary alicyclic amines) is 2. The van der Waals surface area contributed by atoms with E-state index in [-0.39, 0.29) is 94.2 Å². The van der Waals surface area contributed by atoms with Gasteiger partial charge < -0.3 is 85.9 Å². The molecular weight excluding hydrogens is 1150 g/mol. The van der Waals surface area contributed by atoms with Crippen molar-refractivity contribution in [1.29, 1.82) is 0 Å². The zero-order valence-electron chi connectivity index (χ0n) is 48.7. The maximum absolute atomic E-state index is 15.1. The number of β-amino-alcohol motifs (C(OH)–C–C–N with tert-alkyl or cyclic N) is 1. The van der Waals surface area contributed by atoms with E-state index in [2.05, 4.69) is 67.5 Å². The topological polar surface area (TPSA) is 461 Å². The number of phenols is 1. The Morgan fingerprint density at radius 2 is 1.20 bits per heavy atom. The number of nitrogens with two attached hydrogens (primary N) is 5. The van der Waals surface area contributed by atoms with Crippen molar-refractivity contribution in [3.8, 4) is 5.75 Å². The average Bonchev–Trinajstić information content (AvgIpc) is 3.52. The first-order valence-electron chi connectivity index (χ1n) is 28.7. The first-order chi connectivity index (χ1) is 40.8. The molecule has 30 heteroatoms. The summed E-state index contributed by atoms with van der Waals surface area (Å²) in [7, 11) is 0. The molecule has 0 aliphatic carbocycles. The second-order valence-corrected chi connectivity index (χ2v) is 22.2. The quantitative estimate of drug-likeness (QED) is 0.0139. The minimum atomic E-state index is -1.55. The molecular formula is C56H85N15O13S2. The number of carbonyl (C=O) groups is 11. The SMILES string of the molecule is CCC[C@H](NC(=O)[C@@H](NC(=O)[C@@H]1C[C@@H](O)CN1C(=O)[C@@H]1CCCN1C(=O)[C@H](Cc1ccccc1)NC(=O)[C@H](Cc1ccc(O)cc1)NC(=O)[C@H](CCC(N)=O)NC(=O)[C@H](CCCN=C(N)N)NC(=O)[C@@H](N)CS)[C@@H](C)CC)C(=O)N[C@@H](CS)C(N)=O. The van der Waals surface area contributed by atoms with Crippen LogP contribution in [0.1, 0.15) is 96.1 Å². The summed E-state index contributed by atoms with van der Waals surface area (Å²) in [6.07, 6.45) is -0.961. The van der Waals surface area contributed by atoms with Crippen LogP contribution in [-0.4, -0.2) is 189 Å². The molecule has 2 fully saturated rings. The molecule has 12 atom stereocenters. The second kappa shape index (κ2) is 35.1. The van der Waals surface area contributed by atoms with Gasteiger partial charge in [0.25, 0.3) is 0 Å². The molecule has 19 N–H and O–H groups in total. The van der Waals surface area contributed by atoms with Crippen LogP contribution in [0.3, 0.4) is 0 Å². The number of aliphatic hydroxyl groups excluding tert-OH is 1. The fraction of sp³-hybridized carbons (Fsp3) is 0.571. The lowest BCUT2D eigenvalue weighted by Crippen LogP contribution is -2.61. The number of carbonyl (C=O) groups excluding carboxylic acids is 11. The van der Waals surface area contributed by atoms with E-state index in [0.717, 1.165) is 4.90 Å². The van der Waals surface area contributed by atoms with E-state index >= 15 is 4.79 Å². The molecule has 0 radical (unpaired) electrons. The van der Waals surface area contributed by atoms with Gasteiger partial charge in [-0.2, -0.15) is 25.3 Å². The van der Waals surface area contributed by atoms with Gasteiger partial charge in [-0.25, -0.2) is 0 Å². The minimum absolute atomic E-state index is 0.0336. The van der Waals surface area contributed by atoms with Crippen LogP contribution >= 0.6 is 25.3 Å². The van der Waals surface area contributed by atoms with Gasteiger partial charge in [0.05, 0.1) is 12.1 Å². The molecule has 0 unspecified atom stereocenters. The Kier molecular flexibility index (Phi) is 28.9. The van der Waals surface area contributed by atoms with Crippen molar-refractivity contribution in [3.63, 3.8) is 0 Å². The second-order valence-electron chi connectivity index (χ2n) is 21.5. The maximum Gasteiger partial charge on any atom is 0.246 e. The van der Waals surface area contributed by atoms with Crippen LogP contribution in [0.2, 0.25) is 0 Å². The van der Waals surface area contributed by atoms with E-state index in [4.69, 9.17) is 28.7 Å². The Bertz CT molecular complexity index is 2710. The lowest BCUT2D eigenvalue weighted by atomic mass is 9.97. The number of rotatable bonds is 34. The van der Waals surface area contributed by atoms with Gasteiger partial charge in [0, 0.05) is 56.8 Å². The van der Waals surface area contributed by atoms with Crippen LogP contribution in [0.4, 0.5) is 0 Å². The van der Waals surface area contributed by atoms with Crippen molar-refractivity contribution in [2.45, 2.75) is 164 Å². The lowest BCUT2D eigenvalue weighted by Gasteiger charge is -2.34. The highest BCUT2D eigenvalue weighted by Crippen LogP contribution is 2.27. The molecule has 2 aliphatic rings. The Morgan fingerprint density at radius 1 is 0.651 bits per heavy atom. The highest BCUT2D eigenvalue weighted by molar-refractivity contribution is 7.80. The normalized spacial score (nSPS) is 18.7. The van der Waals surface area contributed by atoms with Crippen molar-refractivity contribution in [2.75, 3.05) is 31.1 Å². The predicted molar refractivity (Wildman–Crippen MR) is 324 cm³/mol. The standard InChI is InChI=1S/C56H85N15O13S2/c1-4-11-36(48(77)68-41(29-86)46(59)75)65-53(82)45(30(3)5-2)69-52(81)43-26-34(73)27-71(43)55(84)42-15-10-23-70(42)54(83)40(25-31-12-7-6-8-13-31)67-51(80)39(24-32-16-18-33(72)19-17-32)66-50(79)38(20-21-44(58)74)64-49(78)37(14-9-22-62-56(60)61)63-47(76)35(57)28-85/h6-8,12-13,16-19,30,34-43,45,72-73,85-86H,4-5,9-11,14-15,20-29,57H2,1-3H3,(H2,58,74)(H2,59,75)(H,63,76)(H,64,78)(H,65,82)(H,66,79)(H,67,80)(H,68,77)(H,69,81)(H4,60,61,62)/t30-,34+,35-,36-,37-,38-,39-,40-,41-,42-,43-,45-/m0/s1. The monoisotopic (exact) mass is 1240 g/mol. The highest BCUT2D eigenvalue weighted by atomic mass is 32.1. The van der Waals surface area contributed by atoms with Gasteiger partial charge in [-0.05, 0) is 67.7 Å². The Morgan fingerprint density at radius 3 is 1.78 bits per heavy atom. The Labute approximate surface area is 510 Å². The molecule has 474 valence electrons. The molecule has 11 amide bonds. The molecule has 2 aliphatic heterocycles. The van der Waals surface area contributed by atoms with Crippen LogP contribution in [-0.2, 0) is 65.6 Å². The summed E-state index contributed by atoms with van der Waals surface area (Å²) in [5, 5.41) is 39.6. The number of nitrogens with zero attached hydrogens (tertiary/aromatic N) is 3. The summed E-state index contributed by atoms with van der Waals surface area (Å²) in [5.74, 6) is -9.69. The van der Waals surface area contributed by atoms with E-state index in [0.29, 0.717) is 30.4 Å². The number of aliphatic hydroxyl groups is 1. The molecule has 0 aromatic heterocycles. The molecule has 0 saturated carbocycles. The summed E-state index contributed by atoms with van der Waals surface area (Å²) in [6, 6.07) is 1.43. The fourth-order valence-electron chi connectivity index (χ4n) is 9.87. The van der Waals surface area contributed by atoms with Crippen LogP contribution in [0.5, 0.6) is 5.75 Å². The zero-order chi connectivity index (χ0) is 63.8. The number of aliphatic imine (C=N–C) groups is 1. The van der Waals surface area contributed by atoms with Gasteiger partial charge in [-0.1, -0.05) is 76.1 Å². The van der Waals surface area contributed by atoms with E-state index in [1.165, 1.54) is 29.2 Å². The highest BCUT2D eigenvalue weighted by Gasteiger charge is 2.47. The summed E-state index contributed by atoms with van der Waals surface area (Å²) in [4.78, 5) is 158. The van der Waals surface area contributed by atoms with Gasteiger partial charge in [0.1, 0.15) is 60.1 Å². The first kappa shape index (κ1) is 70.8. The molecule has 28 nitrogen and oxygen atoms in total. The third-order valence-electron chi connectivity index (χ3n) is 14.9. The van der Waals surface area contributed by atoms with E-state index < -0.39 is 144 Å². The summed E-state index contributed by atoms with van der Waals surface area (Å²) < 4.78 is 0. The van der Waals surface area contributed by atoms with E-state index in [1.807, 2.05) is 0 Å². The molecule has 0 spiro atoms. The lowest BCUT2D eigenvalue weighted by molar-refractivity contribution is -0.148. The van der Waals surface area contributed by atoms with Crippen molar-refractivity contribution in [1.82, 2.24) is 47.0 Å². The molecule has 0 bridgehead atoms. The number of amides is 11. The number of hydrogen-bond donors (Lipinski definition) is 16. The number of guanidine groups is 1. The minimum Gasteiger partial charge on any atom is -0.508 e. The van der Waals surface area contributed by atoms with Gasteiger partial charge in [-0.3, -0.25) is 57.7 Å². The summed E-state index contributed by atoms with van der Waals surface area (Å²) in [5.41, 5.74) is 28.7. The van der Waals surface area contributed by atoms with Gasteiger partial charge in [-0.15, -0.1) is 0 Å². The number of aromatic hydroxyl groups is 1. The first-order valence-corrected chi connectivity index (χ1v) is 29.9. The van der Waals surface area contributed by atoms with Crippen molar-refractivity contribution in [2.24, 2.45) is 39.6 Å². The van der Waals surface area contributed by atoms with Crippen molar-refractivity contribution < 1.29 is 63.0 Å². The van der Waals surface area contributed by atoms with Crippen LogP contribution < -0.4 is 65.9 Å². The number of nitrogens with one attached hydrogen (secondary N) is 7. The number of benzene rings is 2. The molecule has 2 heterocycles. The van der Waals surface area contributed by atoms with Crippen LogP contribution in [0.15, 0.2) is 59.6 Å². The largest absolute Gasteiger partial charge is 0.508 e. The van der Waals surface area contributed by atoms with Crippen LogP contribution in [0.25, 0.3) is 0 Å². The maximum atomic E-state index is 15.1. The van der Waals surface area contributed by atoms with Gasteiger partial charge >= 0.3 is 0 Å². The molecule has 2 saturated heterocycles. The molecule has 86 heavy (non-hydrogen) atoms. The summed E-state index contributed by atoms with van der Waals surface area (Å²) in [6.45, 7) is 5.08. The Hall–Kier alpha value is -7.70. The average molecular weight is 1240 g/mol. The molecule has 2 aromatic rings. The number of hydrogen-bond acceptors (Lipinski definition) is 17. The van der Waals surface area contributed by atoms with Crippen molar-refractivity contribution in [3.05, 3.63) is 65.7 Å². The fourth-order valence-corrected chi connectivity index (χ4v) is 10.3. The third-order valence-corrected chi connectivity index (χ3v) is 15.6. The molecule has 4 rings (SSSR count). The smallest absolute Gasteiger partial charge is 0.246 e. The zero-order valence-corrected chi connectivity index (χ0v) is 50.4. The van der Waals surface area contributed by atoms with Gasteiger partial charge in [0.15, 0.2) is 5.96 Å². The van der Waals surface area contributed by atoms with E-state index in [9.17, 15) is 58.2 Å². The third kappa shape index (κ3) is 21.7. The van der Waals surface area contributed by atoms with Crippen molar-refractivity contribution >= 4 is 96.2 Å². The molecule has 2 aromatic carbocycles. The van der Waals surface area contributed by atoms with Gasteiger partial charge in [0.2, 0.25) is 65.0 Å². The number of phenolic OH excluding ortho intramolecular Hbond substituents is 1. The predicted octanol–water partition coefficient (Wildman–Crippen LogP) is -3.64. The van der Waals surface area contributed by atoms with E-state index in [1.54, 1.807) is 51.1 Å². The summed E-state index contributed by atoms with van der Waals surface area (Å²) >= 11 is 8.14. The Balaban J connectivity index is 1.64. The van der Waals surface area contributed by atoms with Crippen LogP contribution in [0, 0.1) is 5.92 Å².